The summed E-state index contributed by atoms with van der Waals surface area (Å²) in [5, 5.41) is 0.427. The second kappa shape index (κ2) is 8.49. The number of alkyl halides is 3. The molecule has 26 heavy (non-hydrogen) atoms. The van der Waals surface area contributed by atoms with Gasteiger partial charge in [0.15, 0.2) is 10.1 Å². The second-order valence-electron chi connectivity index (χ2n) is 4.53. The van der Waals surface area contributed by atoms with Gasteiger partial charge in [0, 0.05) is 14.1 Å². The van der Waals surface area contributed by atoms with Gasteiger partial charge in [0.1, 0.15) is 5.15 Å². The van der Waals surface area contributed by atoms with Crippen LogP contribution in [0.25, 0.3) is 0 Å². The van der Waals surface area contributed by atoms with Gasteiger partial charge in [0.25, 0.3) is 3.57 Å². The van der Waals surface area contributed by atoms with Gasteiger partial charge in [-0.3, -0.25) is 13.9 Å². The number of pyridine rings is 1. The van der Waals surface area contributed by atoms with Crippen LogP contribution < -0.4 is 32.5 Å². The third-order valence-electron chi connectivity index (χ3n) is 2.59. The zero-order valence-corrected chi connectivity index (χ0v) is 16.7. The summed E-state index contributed by atoms with van der Waals surface area (Å²) in [5.41, 5.74) is -6.20. The van der Waals surface area contributed by atoms with Gasteiger partial charge in [0.2, 0.25) is 3.57 Å². The van der Waals surface area contributed by atoms with Crippen molar-refractivity contribution in [1.29, 1.82) is 0 Å². The molecule has 0 aliphatic rings. The third kappa shape index (κ3) is 6.07. The SMILES string of the molecule is Cn1cc([I+]c2ccc(Cl)nc2)c(=O)n(C)c1=O.O=S(=O)([O-])C(F)(F)F. The maximum atomic E-state index is 11.9. The molecule has 0 aliphatic carbocycles. The highest BCUT2D eigenvalue weighted by Gasteiger charge is 2.36. The van der Waals surface area contributed by atoms with Crippen molar-refractivity contribution in [3.63, 3.8) is 0 Å². The number of aryl methyl sites for hydroxylation is 1. The lowest BCUT2D eigenvalue weighted by Gasteiger charge is -2.08. The molecule has 2 aromatic rings. The second-order valence-corrected chi connectivity index (χ2v) is 9.23. The van der Waals surface area contributed by atoms with Crippen molar-refractivity contribution in [2.45, 2.75) is 5.51 Å². The number of aromatic nitrogens is 3. The molecule has 0 fully saturated rings. The standard InChI is InChI=1S/C11H10ClIN3O2.CHF3O3S/c1-15-6-8(10(17)16(2)11(15)18)13-7-3-4-9(12)14-5-7;2-1(3,4)8(5,6)7/h3-6H,1-2H3;(H,5,6,7)/q+1;/p-1. The molecule has 0 N–H and O–H groups in total. The lowest BCUT2D eigenvalue weighted by atomic mass is 10.5. The molecule has 2 aromatic heterocycles. The van der Waals surface area contributed by atoms with E-state index in [1.165, 1.54) is 11.6 Å². The number of hydrogen-bond donors (Lipinski definition) is 0. The lowest BCUT2D eigenvalue weighted by molar-refractivity contribution is -0.600. The van der Waals surface area contributed by atoms with Gasteiger partial charge in [-0.25, -0.2) is 18.2 Å². The van der Waals surface area contributed by atoms with E-state index in [0.29, 0.717) is 8.72 Å². The zero-order valence-electron chi connectivity index (χ0n) is 13.0. The van der Waals surface area contributed by atoms with Gasteiger partial charge < -0.3 is 4.55 Å². The zero-order chi connectivity index (χ0) is 20.3. The van der Waals surface area contributed by atoms with Crippen molar-refractivity contribution in [2.24, 2.45) is 14.1 Å². The normalized spacial score (nSPS) is 11.7. The van der Waals surface area contributed by atoms with Crippen molar-refractivity contribution < 1.29 is 47.3 Å². The molecule has 0 radical (unpaired) electrons. The topological polar surface area (TPSA) is 114 Å². The largest absolute Gasteiger partial charge is 0.741 e. The number of hydrogen-bond acceptors (Lipinski definition) is 6. The number of rotatable bonds is 2. The van der Waals surface area contributed by atoms with E-state index in [4.69, 9.17) is 24.6 Å². The molecule has 144 valence electrons. The maximum Gasteiger partial charge on any atom is 0.485 e. The molecule has 0 atom stereocenters. The van der Waals surface area contributed by atoms with Crippen LogP contribution in [0.5, 0.6) is 0 Å². The summed E-state index contributed by atoms with van der Waals surface area (Å²) in [7, 11) is -2.97. The van der Waals surface area contributed by atoms with E-state index in [-0.39, 0.29) is 11.2 Å². The first-order valence-electron chi connectivity index (χ1n) is 6.29. The molecule has 0 aliphatic heterocycles. The first-order valence-corrected chi connectivity index (χ1v) is 10.2. The Morgan fingerprint density at radius 3 is 2.19 bits per heavy atom. The molecule has 0 unspecified atom stereocenters. The minimum Gasteiger partial charge on any atom is -0.741 e. The molecular formula is C12H10ClF3IN3O5S. The molecule has 2 rings (SSSR count). The van der Waals surface area contributed by atoms with Crippen LogP contribution in [0.15, 0.2) is 34.1 Å². The predicted molar refractivity (Wildman–Crippen MR) is 79.3 cm³/mol. The summed E-state index contributed by atoms with van der Waals surface area (Å²) in [5.74, 6) is 0. The fourth-order valence-corrected chi connectivity index (χ4v) is 3.93. The first kappa shape index (κ1) is 22.6. The molecule has 8 nitrogen and oxygen atoms in total. The summed E-state index contributed by atoms with van der Waals surface area (Å²) in [6, 6.07) is 3.55. The highest BCUT2D eigenvalue weighted by Crippen LogP contribution is 2.20. The highest BCUT2D eigenvalue weighted by molar-refractivity contribution is 7.86. The molecule has 0 aromatic carbocycles. The summed E-state index contributed by atoms with van der Waals surface area (Å²) in [6.45, 7) is 0. The minimum absolute atomic E-state index is 0.235. The van der Waals surface area contributed by atoms with E-state index in [1.807, 2.05) is 6.07 Å². The van der Waals surface area contributed by atoms with E-state index in [2.05, 4.69) is 4.98 Å². The van der Waals surface area contributed by atoms with Gasteiger partial charge >= 0.3 is 38.0 Å². The molecule has 0 saturated carbocycles. The molecular weight excluding hydrogens is 518 g/mol. The predicted octanol–water partition coefficient (Wildman–Crippen LogP) is -2.69. The molecule has 0 bridgehead atoms. The Kier molecular flexibility index (Phi) is 7.38. The minimum atomic E-state index is -6.09. The van der Waals surface area contributed by atoms with Crippen LogP contribution in [0.1, 0.15) is 0 Å². The van der Waals surface area contributed by atoms with E-state index in [1.54, 1.807) is 25.5 Å². The monoisotopic (exact) mass is 527 g/mol. The van der Waals surface area contributed by atoms with E-state index < -0.39 is 36.8 Å². The fraction of sp³-hybridized carbons (Fsp3) is 0.250. The van der Waals surface area contributed by atoms with Crippen LogP contribution >= 0.6 is 11.6 Å². The van der Waals surface area contributed by atoms with Crippen LogP contribution in [0.2, 0.25) is 5.15 Å². The van der Waals surface area contributed by atoms with E-state index in [0.717, 1.165) is 8.14 Å². The summed E-state index contributed by atoms with van der Waals surface area (Å²) in [4.78, 5) is 27.5. The Balaban J connectivity index is 0.000000359. The van der Waals surface area contributed by atoms with Gasteiger partial charge in [-0.15, -0.1) is 0 Å². The molecule has 0 saturated heterocycles. The molecule has 0 spiro atoms. The van der Waals surface area contributed by atoms with E-state index in [9.17, 15) is 22.8 Å². The van der Waals surface area contributed by atoms with Crippen molar-refractivity contribution in [1.82, 2.24) is 14.1 Å². The number of nitrogens with zero attached hydrogens (tertiary/aromatic N) is 3. The van der Waals surface area contributed by atoms with Gasteiger partial charge in [0.05, 0.1) is 12.4 Å². The summed E-state index contributed by atoms with van der Waals surface area (Å²) < 4.78 is 63.1. The fourth-order valence-electron chi connectivity index (χ4n) is 1.36. The summed E-state index contributed by atoms with van der Waals surface area (Å²) >= 11 is 5.04. The van der Waals surface area contributed by atoms with Crippen molar-refractivity contribution in [3.05, 3.63) is 57.7 Å². The highest BCUT2D eigenvalue weighted by atomic mass is 127. The van der Waals surface area contributed by atoms with Crippen LogP contribution in [0, 0.1) is 7.14 Å². The Hall–Kier alpha value is -1.45. The van der Waals surface area contributed by atoms with Crippen LogP contribution in [0.3, 0.4) is 0 Å². The smallest absolute Gasteiger partial charge is 0.485 e. The van der Waals surface area contributed by atoms with Gasteiger partial charge in [-0.05, 0) is 12.1 Å². The quantitative estimate of drug-likeness (QED) is 0.182. The van der Waals surface area contributed by atoms with Crippen LogP contribution in [-0.2, 0) is 24.2 Å². The van der Waals surface area contributed by atoms with E-state index >= 15 is 0 Å². The Morgan fingerprint density at radius 2 is 1.77 bits per heavy atom. The Morgan fingerprint density at radius 1 is 1.23 bits per heavy atom. The average molecular weight is 528 g/mol. The maximum absolute atomic E-state index is 11.9. The number of halogens is 5. The van der Waals surface area contributed by atoms with Crippen molar-refractivity contribution in [2.75, 3.05) is 0 Å². The molecule has 0 amide bonds. The van der Waals surface area contributed by atoms with Crippen LogP contribution in [-0.4, -0.2) is 32.6 Å². The van der Waals surface area contributed by atoms with Crippen LogP contribution in [0.4, 0.5) is 13.2 Å². The first-order chi connectivity index (χ1) is 11.7. The average Bonchev–Trinajstić information content (AvgIpc) is 2.51. The van der Waals surface area contributed by atoms with Gasteiger partial charge in [-0.2, -0.15) is 13.2 Å². The van der Waals surface area contributed by atoms with Crippen molar-refractivity contribution >= 4 is 21.7 Å². The lowest BCUT2D eigenvalue weighted by Crippen LogP contribution is -3.62. The molecule has 2 heterocycles. The van der Waals surface area contributed by atoms with Crippen molar-refractivity contribution in [3.8, 4) is 0 Å². The Labute approximate surface area is 160 Å². The Bertz CT molecular complexity index is 1000. The van der Waals surface area contributed by atoms with Gasteiger partial charge in [-0.1, -0.05) is 11.6 Å². The molecule has 14 heteroatoms. The summed E-state index contributed by atoms with van der Waals surface area (Å²) in [6.07, 6.45) is 3.27. The third-order valence-corrected chi connectivity index (χ3v) is 5.96.